The number of hydrogen-bond donors (Lipinski definition) is 0. The number of nitriles is 1. The van der Waals surface area contributed by atoms with Crippen LogP contribution in [0.5, 0.6) is 0 Å². The van der Waals surface area contributed by atoms with Gasteiger partial charge in [0, 0.05) is 22.9 Å². The number of benzene rings is 2. The summed E-state index contributed by atoms with van der Waals surface area (Å²) in [5.41, 5.74) is 3.64. The van der Waals surface area contributed by atoms with Crippen molar-refractivity contribution < 1.29 is 14.0 Å². The third-order valence-electron chi connectivity index (χ3n) is 5.83. The van der Waals surface area contributed by atoms with Crippen LogP contribution in [0.25, 0.3) is 23.0 Å². The number of hydrogen-bond acceptors (Lipinski definition) is 5. The summed E-state index contributed by atoms with van der Waals surface area (Å²) in [6, 6.07) is 24.6. The van der Waals surface area contributed by atoms with E-state index in [9.17, 15) is 14.9 Å². The van der Waals surface area contributed by atoms with Crippen LogP contribution in [-0.2, 0) is 16.1 Å². The number of amides is 2. The number of furan rings is 1. The zero-order valence-corrected chi connectivity index (χ0v) is 18.9. The van der Waals surface area contributed by atoms with E-state index in [1.54, 1.807) is 29.8 Å². The first kappa shape index (κ1) is 21.9. The highest BCUT2D eigenvalue weighted by molar-refractivity contribution is 6.19. The summed E-state index contributed by atoms with van der Waals surface area (Å²) in [6.07, 6.45) is 5.01. The lowest BCUT2D eigenvalue weighted by Crippen LogP contribution is -2.42. The van der Waals surface area contributed by atoms with E-state index in [2.05, 4.69) is 0 Å². The van der Waals surface area contributed by atoms with Gasteiger partial charge in [0.05, 0.1) is 24.2 Å². The number of rotatable bonds is 5. The van der Waals surface area contributed by atoms with Crippen LogP contribution in [0.15, 0.2) is 106 Å². The van der Waals surface area contributed by atoms with E-state index in [1.807, 2.05) is 72.9 Å². The van der Waals surface area contributed by atoms with Gasteiger partial charge < -0.3 is 4.42 Å². The molecule has 0 saturated carbocycles. The zero-order valence-electron chi connectivity index (χ0n) is 18.9. The predicted octanol–water partition coefficient (Wildman–Crippen LogP) is 4.92. The first-order chi connectivity index (χ1) is 17.1. The lowest BCUT2D eigenvalue weighted by Gasteiger charge is -2.26. The van der Waals surface area contributed by atoms with Crippen molar-refractivity contribution >= 4 is 17.9 Å². The molecule has 5 rings (SSSR count). The fraction of sp³-hybridized carbons (Fsp3) is 0.0714. The minimum absolute atomic E-state index is 0.0602. The van der Waals surface area contributed by atoms with Gasteiger partial charge in [-0.3, -0.25) is 14.5 Å². The molecular weight excluding hydrogens is 440 g/mol. The topological polar surface area (TPSA) is 92.1 Å². The molecule has 2 amide bonds. The summed E-state index contributed by atoms with van der Waals surface area (Å²) in [5.74, 6) is -0.675. The molecular formula is C28H20N4O3. The van der Waals surface area contributed by atoms with Crippen molar-refractivity contribution in [3.63, 3.8) is 0 Å². The van der Waals surface area contributed by atoms with Gasteiger partial charge in [0.2, 0.25) is 0 Å². The number of carbonyl (C=O) groups excluding carboxylic acids is 2. The van der Waals surface area contributed by atoms with Gasteiger partial charge in [0.15, 0.2) is 0 Å². The van der Waals surface area contributed by atoms with Crippen molar-refractivity contribution in [3.05, 3.63) is 113 Å². The van der Waals surface area contributed by atoms with E-state index in [0.29, 0.717) is 22.6 Å². The van der Waals surface area contributed by atoms with Crippen molar-refractivity contribution in [2.45, 2.75) is 13.5 Å². The number of imide groups is 1. The Morgan fingerprint density at radius 1 is 0.971 bits per heavy atom. The molecule has 4 aromatic rings. The summed E-state index contributed by atoms with van der Waals surface area (Å²) in [7, 11) is 0. The van der Waals surface area contributed by atoms with Crippen LogP contribution in [0, 0.1) is 11.3 Å². The second kappa shape index (κ2) is 9.12. The Hall–Kier alpha value is -4.96. The molecule has 0 unspecified atom stereocenters. The summed E-state index contributed by atoms with van der Waals surface area (Å²) < 4.78 is 7.08. The van der Waals surface area contributed by atoms with Gasteiger partial charge in [0.25, 0.3) is 11.8 Å². The molecule has 1 aliphatic heterocycles. The van der Waals surface area contributed by atoms with Crippen LogP contribution in [-0.4, -0.2) is 26.5 Å². The summed E-state index contributed by atoms with van der Waals surface area (Å²) in [5, 5.41) is 14.5. The largest absolute Gasteiger partial charge is 0.467 e. The van der Waals surface area contributed by atoms with Gasteiger partial charge in [-0.25, -0.2) is 4.68 Å². The fourth-order valence-corrected chi connectivity index (χ4v) is 4.01. The Labute approximate surface area is 201 Å². The van der Waals surface area contributed by atoms with E-state index in [4.69, 9.17) is 9.52 Å². The van der Waals surface area contributed by atoms with Crippen LogP contribution in [0.2, 0.25) is 0 Å². The minimum Gasteiger partial charge on any atom is -0.467 e. The maximum absolute atomic E-state index is 13.5. The number of carbonyl (C=O) groups is 2. The molecule has 170 valence electrons. The van der Waals surface area contributed by atoms with E-state index >= 15 is 0 Å². The van der Waals surface area contributed by atoms with Gasteiger partial charge in [-0.2, -0.15) is 10.4 Å². The Balaban J connectivity index is 1.66. The van der Waals surface area contributed by atoms with E-state index in [1.165, 1.54) is 6.26 Å². The molecule has 7 nitrogen and oxygen atoms in total. The molecule has 2 aromatic carbocycles. The van der Waals surface area contributed by atoms with Crippen LogP contribution >= 0.6 is 0 Å². The lowest BCUT2D eigenvalue weighted by molar-refractivity contribution is -0.141. The molecule has 0 bridgehead atoms. The summed E-state index contributed by atoms with van der Waals surface area (Å²) in [4.78, 5) is 27.4. The number of nitrogens with zero attached hydrogens (tertiary/aromatic N) is 4. The normalized spacial score (nSPS) is 15.1. The van der Waals surface area contributed by atoms with Crippen molar-refractivity contribution in [3.8, 4) is 23.0 Å². The molecule has 7 heteroatoms. The SMILES string of the molecule is CC1=C(C#N)C(=O)N(Cc2ccco2)C(=O)/C1=C/c1cn(-c2ccccc2)nc1-c1ccccc1. The third kappa shape index (κ3) is 4.09. The van der Waals surface area contributed by atoms with Crippen molar-refractivity contribution in [1.29, 1.82) is 5.26 Å². The number of aromatic nitrogens is 2. The molecule has 2 aromatic heterocycles. The van der Waals surface area contributed by atoms with Crippen LogP contribution in [0.1, 0.15) is 18.2 Å². The van der Waals surface area contributed by atoms with Gasteiger partial charge in [-0.05, 0) is 42.8 Å². The van der Waals surface area contributed by atoms with Gasteiger partial charge in [-0.1, -0.05) is 48.5 Å². The monoisotopic (exact) mass is 460 g/mol. The summed E-state index contributed by atoms with van der Waals surface area (Å²) >= 11 is 0. The van der Waals surface area contributed by atoms with Crippen molar-refractivity contribution in [1.82, 2.24) is 14.7 Å². The van der Waals surface area contributed by atoms with Gasteiger partial charge in [0.1, 0.15) is 17.4 Å². The second-order valence-electron chi connectivity index (χ2n) is 8.02. The highest BCUT2D eigenvalue weighted by Gasteiger charge is 2.36. The highest BCUT2D eigenvalue weighted by atomic mass is 16.3. The first-order valence-electron chi connectivity index (χ1n) is 11.0. The second-order valence-corrected chi connectivity index (χ2v) is 8.02. The minimum atomic E-state index is -0.633. The smallest absolute Gasteiger partial charge is 0.272 e. The number of para-hydroxylation sites is 1. The molecule has 0 atom stereocenters. The Morgan fingerprint density at radius 3 is 2.34 bits per heavy atom. The molecule has 0 spiro atoms. The summed E-state index contributed by atoms with van der Waals surface area (Å²) in [6.45, 7) is 1.56. The van der Waals surface area contributed by atoms with Gasteiger partial charge in [-0.15, -0.1) is 0 Å². The molecule has 0 saturated heterocycles. The maximum atomic E-state index is 13.5. The molecule has 0 fully saturated rings. The average molecular weight is 460 g/mol. The lowest BCUT2D eigenvalue weighted by atomic mass is 9.93. The Morgan fingerprint density at radius 2 is 1.69 bits per heavy atom. The maximum Gasteiger partial charge on any atom is 0.272 e. The zero-order chi connectivity index (χ0) is 24.4. The average Bonchev–Trinajstić information content (AvgIpc) is 3.56. The van der Waals surface area contributed by atoms with Crippen molar-refractivity contribution in [2.75, 3.05) is 0 Å². The Bertz CT molecular complexity index is 1510. The fourth-order valence-electron chi connectivity index (χ4n) is 4.01. The highest BCUT2D eigenvalue weighted by Crippen LogP contribution is 2.31. The van der Waals surface area contributed by atoms with Crippen LogP contribution in [0.4, 0.5) is 0 Å². The van der Waals surface area contributed by atoms with Gasteiger partial charge >= 0.3 is 0 Å². The van der Waals surface area contributed by atoms with Crippen molar-refractivity contribution in [2.24, 2.45) is 0 Å². The standard InChI is InChI=1S/C28H20N4O3/c1-19-24(27(33)31(28(34)25(19)16-29)18-23-13-8-14-35-23)15-21-17-32(22-11-6-3-7-12-22)30-26(21)20-9-4-2-5-10-20/h2-15,17H,18H2,1H3/b24-15+. The Kier molecular flexibility index (Phi) is 5.70. The molecule has 0 aliphatic carbocycles. The van der Waals surface area contributed by atoms with Crippen LogP contribution in [0.3, 0.4) is 0 Å². The molecule has 0 radical (unpaired) electrons. The molecule has 35 heavy (non-hydrogen) atoms. The van der Waals surface area contributed by atoms with E-state index < -0.39 is 11.8 Å². The first-order valence-corrected chi connectivity index (χ1v) is 11.0. The van der Waals surface area contributed by atoms with Crippen LogP contribution < -0.4 is 0 Å². The van der Waals surface area contributed by atoms with E-state index in [-0.39, 0.29) is 17.7 Å². The molecule has 0 N–H and O–H groups in total. The predicted molar refractivity (Wildman–Crippen MR) is 130 cm³/mol. The van der Waals surface area contributed by atoms with E-state index in [0.717, 1.165) is 16.2 Å². The molecule has 1 aliphatic rings. The molecule has 3 heterocycles. The third-order valence-corrected chi connectivity index (χ3v) is 5.83. The quantitative estimate of drug-likeness (QED) is 0.311.